The summed E-state index contributed by atoms with van der Waals surface area (Å²) >= 11 is 0. The number of likely N-dealkylation sites (N-methyl/N-ethyl adjacent to an activating group) is 1. The molecule has 0 aromatic heterocycles. The molecule has 20 heavy (non-hydrogen) atoms. The van der Waals surface area contributed by atoms with Gasteiger partial charge in [-0.05, 0) is 37.5 Å². The molecule has 0 saturated heterocycles. The van der Waals surface area contributed by atoms with E-state index in [0.29, 0.717) is 12.5 Å². The Kier molecular flexibility index (Phi) is 4.77. The zero-order valence-electron chi connectivity index (χ0n) is 11.8. The number of carbonyl (C=O) groups excluding carboxylic acids is 1. The predicted octanol–water partition coefficient (Wildman–Crippen LogP) is 2.72. The van der Waals surface area contributed by atoms with Gasteiger partial charge in [-0.1, -0.05) is 25.0 Å². The Morgan fingerprint density at radius 3 is 2.30 bits per heavy atom. The van der Waals surface area contributed by atoms with Crippen LogP contribution in [0, 0.1) is 0 Å². The first-order valence-corrected chi connectivity index (χ1v) is 7.23. The van der Waals surface area contributed by atoms with Gasteiger partial charge in [0.2, 0.25) is 5.91 Å². The predicted molar refractivity (Wildman–Crippen MR) is 76.7 cm³/mol. The van der Waals surface area contributed by atoms with Crippen LogP contribution in [-0.4, -0.2) is 34.5 Å². The van der Waals surface area contributed by atoms with Crippen LogP contribution in [0.5, 0.6) is 0 Å². The summed E-state index contributed by atoms with van der Waals surface area (Å²) in [5.74, 6) is -0.800. The average molecular weight is 275 g/mol. The first-order valence-electron chi connectivity index (χ1n) is 7.23. The van der Waals surface area contributed by atoms with E-state index in [2.05, 4.69) is 0 Å². The third-order valence-electron chi connectivity index (χ3n) is 3.98. The van der Waals surface area contributed by atoms with E-state index in [0.717, 1.165) is 24.9 Å². The second kappa shape index (κ2) is 6.55. The summed E-state index contributed by atoms with van der Waals surface area (Å²) in [7, 11) is 0. The molecule has 0 unspecified atom stereocenters. The summed E-state index contributed by atoms with van der Waals surface area (Å²) in [6.07, 6.45) is 4.99. The van der Waals surface area contributed by atoms with E-state index >= 15 is 0 Å². The van der Waals surface area contributed by atoms with E-state index in [4.69, 9.17) is 5.11 Å². The van der Waals surface area contributed by atoms with Gasteiger partial charge in [-0.2, -0.15) is 0 Å². The molecule has 1 aromatic rings. The van der Waals surface area contributed by atoms with E-state index in [1.165, 1.54) is 12.8 Å². The van der Waals surface area contributed by atoms with Crippen LogP contribution in [0.2, 0.25) is 0 Å². The van der Waals surface area contributed by atoms with Crippen LogP contribution in [0.3, 0.4) is 0 Å². The highest BCUT2D eigenvalue weighted by Crippen LogP contribution is 2.24. The minimum Gasteiger partial charge on any atom is -0.478 e. The number of hydrogen-bond donors (Lipinski definition) is 1. The number of rotatable bonds is 5. The summed E-state index contributed by atoms with van der Waals surface area (Å²) in [6, 6.07) is 6.95. The second-order valence-corrected chi connectivity index (χ2v) is 5.30. The Labute approximate surface area is 119 Å². The van der Waals surface area contributed by atoms with E-state index in [9.17, 15) is 9.59 Å². The first kappa shape index (κ1) is 14.6. The van der Waals surface area contributed by atoms with Crippen molar-refractivity contribution in [2.75, 3.05) is 6.54 Å². The molecule has 0 aliphatic heterocycles. The van der Waals surface area contributed by atoms with Crippen molar-refractivity contribution in [1.82, 2.24) is 4.90 Å². The standard InChI is InChI=1S/C16H21NO3/c1-2-17(14-5-3-4-6-14)15(18)11-12-7-9-13(10-8-12)16(19)20/h7-10,14H,2-6,11H2,1H3,(H,19,20). The number of carbonyl (C=O) groups is 2. The monoisotopic (exact) mass is 275 g/mol. The molecule has 1 fully saturated rings. The number of hydrogen-bond acceptors (Lipinski definition) is 2. The zero-order chi connectivity index (χ0) is 14.5. The second-order valence-electron chi connectivity index (χ2n) is 5.30. The molecule has 0 heterocycles. The maximum atomic E-state index is 12.4. The Morgan fingerprint density at radius 2 is 1.80 bits per heavy atom. The molecule has 0 bridgehead atoms. The van der Waals surface area contributed by atoms with E-state index < -0.39 is 5.97 Å². The molecule has 1 N–H and O–H groups in total. The van der Waals surface area contributed by atoms with Crippen molar-refractivity contribution in [3.05, 3.63) is 35.4 Å². The normalized spacial score (nSPS) is 15.2. The minimum atomic E-state index is -0.941. The molecule has 0 atom stereocenters. The number of carboxylic acid groups (broad SMARTS) is 1. The van der Waals surface area contributed by atoms with E-state index in [1.54, 1.807) is 24.3 Å². The van der Waals surface area contributed by atoms with Gasteiger partial charge >= 0.3 is 5.97 Å². The van der Waals surface area contributed by atoms with Crippen LogP contribution in [0.15, 0.2) is 24.3 Å². The topological polar surface area (TPSA) is 57.6 Å². The molecule has 108 valence electrons. The Bertz CT molecular complexity index is 475. The highest BCUT2D eigenvalue weighted by Gasteiger charge is 2.25. The summed E-state index contributed by atoms with van der Waals surface area (Å²) in [6.45, 7) is 2.76. The number of carboxylic acids is 1. The van der Waals surface area contributed by atoms with Crippen molar-refractivity contribution in [2.24, 2.45) is 0 Å². The SMILES string of the molecule is CCN(C(=O)Cc1ccc(C(=O)O)cc1)C1CCCC1. The largest absolute Gasteiger partial charge is 0.478 e. The van der Waals surface area contributed by atoms with E-state index in [-0.39, 0.29) is 11.5 Å². The summed E-state index contributed by atoms with van der Waals surface area (Å²) in [5.41, 5.74) is 1.13. The lowest BCUT2D eigenvalue weighted by Gasteiger charge is -2.27. The molecule has 1 aliphatic carbocycles. The molecule has 1 amide bonds. The van der Waals surface area contributed by atoms with Gasteiger partial charge in [0, 0.05) is 12.6 Å². The fourth-order valence-corrected chi connectivity index (χ4v) is 2.90. The van der Waals surface area contributed by atoms with Gasteiger partial charge in [0.05, 0.1) is 12.0 Å². The van der Waals surface area contributed by atoms with Crippen molar-refractivity contribution in [2.45, 2.75) is 45.1 Å². The fraction of sp³-hybridized carbons (Fsp3) is 0.500. The highest BCUT2D eigenvalue weighted by atomic mass is 16.4. The van der Waals surface area contributed by atoms with Crippen molar-refractivity contribution < 1.29 is 14.7 Å². The van der Waals surface area contributed by atoms with Gasteiger partial charge < -0.3 is 10.0 Å². The number of aromatic carboxylic acids is 1. The third-order valence-corrected chi connectivity index (χ3v) is 3.98. The molecule has 1 aliphatic rings. The molecule has 1 saturated carbocycles. The molecule has 2 rings (SSSR count). The molecule has 4 nitrogen and oxygen atoms in total. The van der Waals surface area contributed by atoms with Crippen LogP contribution in [0.25, 0.3) is 0 Å². The van der Waals surface area contributed by atoms with Crippen LogP contribution < -0.4 is 0 Å². The molecular weight excluding hydrogens is 254 g/mol. The molecular formula is C16H21NO3. The molecule has 4 heteroatoms. The number of amides is 1. The lowest BCUT2D eigenvalue weighted by Crippen LogP contribution is -2.39. The number of benzene rings is 1. The van der Waals surface area contributed by atoms with Crippen LogP contribution in [0.1, 0.15) is 48.5 Å². The van der Waals surface area contributed by atoms with Crippen molar-refractivity contribution in [1.29, 1.82) is 0 Å². The minimum absolute atomic E-state index is 0.141. The van der Waals surface area contributed by atoms with Gasteiger partial charge in [-0.15, -0.1) is 0 Å². The summed E-state index contributed by atoms with van der Waals surface area (Å²) in [4.78, 5) is 25.1. The average Bonchev–Trinajstić information content (AvgIpc) is 2.94. The van der Waals surface area contributed by atoms with Gasteiger partial charge in [0.25, 0.3) is 0 Å². The Morgan fingerprint density at radius 1 is 1.20 bits per heavy atom. The van der Waals surface area contributed by atoms with Crippen molar-refractivity contribution >= 4 is 11.9 Å². The van der Waals surface area contributed by atoms with Crippen LogP contribution in [0.4, 0.5) is 0 Å². The quantitative estimate of drug-likeness (QED) is 0.899. The molecule has 0 radical (unpaired) electrons. The zero-order valence-corrected chi connectivity index (χ0v) is 11.8. The van der Waals surface area contributed by atoms with Crippen molar-refractivity contribution in [3.8, 4) is 0 Å². The molecule has 0 spiro atoms. The highest BCUT2D eigenvalue weighted by molar-refractivity contribution is 5.87. The number of nitrogens with zero attached hydrogens (tertiary/aromatic N) is 1. The maximum absolute atomic E-state index is 12.4. The van der Waals surface area contributed by atoms with Crippen LogP contribution >= 0.6 is 0 Å². The van der Waals surface area contributed by atoms with Crippen molar-refractivity contribution in [3.63, 3.8) is 0 Å². The van der Waals surface area contributed by atoms with Gasteiger partial charge in [0.15, 0.2) is 0 Å². The third kappa shape index (κ3) is 3.38. The Hall–Kier alpha value is -1.84. The lowest BCUT2D eigenvalue weighted by atomic mass is 10.1. The summed E-state index contributed by atoms with van der Waals surface area (Å²) < 4.78 is 0. The first-order chi connectivity index (χ1) is 9.61. The van der Waals surface area contributed by atoms with Gasteiger partial charge in [0.1, 0.15) is 0 Å². The maximum Gasteiger partial charge on any atom is 0.335 e. The lowest BCUT2D eigenvalue weighted by molar-refractivity contribution is -0.132. The summed E-state index contributed by atoms with van der Waals surface area (Å²) in [5, 5.41) is 8.85. The smallest absolute Gasteiger partial charge is 0.335 e. The Balaban J connectivity index is 2.00. The van der Waals surface area contributed by atoms with Gasteiger partial charge in [-0.25, -0.2) is 4.79 Å². The van der Waals surface area contributed by atoms with E-state index in [1.807, 2.05) is 11.8 Å². The fourth-order valence-electron chi connectivity index (χ4n) is 2.90. The molecule has 1 aromatic carbocycles. The van der Waals surface area contributed by atoms with Crippen LogP contribution in [-0.2, 0) is 11.2 Å². The van der Waals surface area contributed by atoms with Gasteiger partial charge in [-0.3, -0.25) is 4.79 Å².